The first kappa shape index (κ1) is 20.2. The molecule has 2 N–H and O–H groups in total. The first-order valence-corrected chi connectivity index (χ1v) is 11.1. The van der Waals surface area contributed by atoms with Crippen molar-refractivity contribution in [3.63, 3.8) is 0 Å². The van der Waals surface area contributed by atoms with Crippen LogP contribution in [0.2, 0.25) is 0 Å². The maximum Gasteiger partial charge on any atom is 0.494 e. The monoisotopic (exact) mass is 440 g/mol. The Balaban J connectivity index is 1.55. The van der Waals surface area contributed by atoms with Crippen LogP contribution in [0.25, 0.3) is 0 Å². The van der Waals surface area contributed by atoms with E-state index in [9.17, 15) is 19.8 Å². The third-order valence-electron chi connectivity index (χ3n) is 7.20. The van der Waals surface area contributed by atoms with Crippen LogP contribution in [0.1, 0.15) is 68.8 Å². The Hall–Kier alpha value is -3.42. The lowest BCUT2D eigenvalue weighted by Gasteiger charge is -2.48. The minimum absolute atomic E-state index is 0.138. The van der Waals surface area contributed by atoms with Crippen LogP contribution in [0, 0.1) is 0 Å². The number of aromatic hydroxyl groups is 2. The molecule has 3 aromatic carbocycles. The smallest absolute Gasteiger partial charge is 0.494 e. The van der Waals surface area contributed by atoms with Crippen molar-refractivity contribution in [1.82, 2.24) is 0 Å². The number of fused-ring (bicyclic) bond motifs is 6. The van der Waals surface area contributed by atoms with Crippen molar-refractivity contribution in [2.24, 2.45) is 0 Å². The van der Waals surface area contributed by atoms with E-state index in [-0.39, 0.29) is 33.8 Å². The maximum atomic E-state index is 13.3. The minimum Gasteiger partial charge on any atom is -0.507 e. The lowest BCUT2D eigenvalue weighted by Crippen LogP contribution is -2.55. The molecule has 1 heterocycles. The van der Waals surface area contributed by atoms with Crippen LogP contribution in [-0.4, -0.2) is 34.5 Å². The molecule has 3 aliphatic rings. The van der Waals surface area contributed by atoms with Gasteiger partial charge in [-0.05, 0) is 11.9 Å². The second-order valence-corrected chi connectivity index (χ2v) is 8.95. The second-order valence-electron chi connectivity index (χ2n) is 8.95. The van der Waals surface area contributed by atoms with E-state index in [1.165, 1.54) is 0 Å². The molecule has 6 nitrogen and oxygen atoms in total. The SMILES string of the molecule is CC[C@]12Cc3c(O)c4c(c(O)c3[C@H](C1)OB(c1ccccc1)O2)C(=O)c1ccccc1C4=O. The first-order valence-electron chi connectivity index (χ1n) is 11.1. The average molecular weight is 440 g/mol. The fourth-order valence-electron chi connectivity index (χ4n) is 5.46. The second kappa shape index (κ2) is 7.04. The highest BCUT2D eigenvalue weighted by atomic mass is 16.6. The molecule has 0 radical (unpaired) electrons. The van der Waals surface area contributed by atoms with Crippen LogP contribution in [0.3, 0.4) is 0 Å². The van der Waals surface area contributed by atoms with E-state index < -0.39 is 30.4 Å². The number of benzene rings is 3. The molecule has 0 unspecified atom stereocenters. The number of phenols is 2. The molecule has 1 aliphatic heterocycles. The summed E-state index contributed by atoms with van der Waals surface area (Å²) in [4.78, 5) is 26.6. The number of hydrogen-bond donors (Lipinski definition) is 2. The number of ketones is 2. The van der Waals surface area contributed by atoms with Gasteiger partial charge in [0.15, 0.2) is 11.6 Å². The van der Waals surface area contributed by atoms with Crippen molar-refractivity contribution in [3.05, 3.63) is 88.0 Å². The number of hydrogen-bond acceptors (Lipinski definition) is 6. The zero-order valence-electron chi connectivity index (χ0n) is 18.0. The van der Waals surface area contributed by atoms with Crippen molar-refractivity contribution >= 4 is 24.1 Å². The van der Waals surface area contributed by atoms with Gasteiger partial charge in [-0.25, -0.2) is 0 Å². The van der Waals surface area contributed by atoms with Crippen molar-refractivity contribution < 1.29 is 29.1 Å². The number of rotatable bonds is 2. The van der Waals surface area contributed by atoms with Gasteiger partial charge in [-0.15, -0.1) is 0 Å². The molecule has 1 fully saturated rings. The molecule has 164 valence electrons. The summed E-state index contributed by atoms with van der Waals surface area (Å²) in [5.74, 6) is -1.50. The summed E-state index contributed by atoms with van der Waals surface area (Å²) in [6.07, 6.45) is 0.842. The zero-order chi connectivity index (χ0) is 22.9. The third-order valence-corrected chi connectivity index (χ3v) is 7.20. The van der Waals surface area contributed by atoms with Gasteiger partial charge in [0.2, 0.25) is 0 Å². The van der Waals surface area contributed by atoms with E-state index in [1.54, 1.807) is 24.3 Å². The van der Waals surface area contributed by atoms with Crippen LogP contribution in [0.4, 0.5) is 0 Å². The van der Waals surface area contributed by atoms with Gasteiger partial charge in [-0.2, -0.15) is 0 Å². The van der Waals surface area contributed by atoms with E-state index >= 15 is 0 Å². The zero-order valence-corrected chi connectivity index (χ0v) is 18.0. The molecule has 0 amide bonds. The summed E-state index contributed by atoms with van der Waals surface area (Å²) >= 11 is 0. The number of carbonyl (C=O) groups excluding carboxylic acids is 2. The Bertz CT molecular complexity index is 1330. The summed E-state index contributed by atoms with van der Waals surface area (Å²) < 4.78 is 12.7. The van der Waals surface area contributed by atoms with Gasteiger partial charge >= 0.3 is 7.12 Å². The molecule has 1 saturated heterocycles. The predicted octanol–water partition coefficient (Wildman–Crippen LogP) is 3.45. The largest absolute Gasteiger partial charge is 0.507 e. The van der Waals surface area contributed by atoms with Crippen LogP contribution in [0.15, 0.2) is 54.6 Å². The van der Waals surface area contributed by atoms with Crippen molar-refractivity contribution in [2.45, 2.75) is 37.9 Å². The predicted molar refractivity (Wildman–Crippen MR) is 121 cm³/mol. The average Bonchev–Trinajstić information content (AvgIpc) is 2.84. The van der Waals surface area contributed by atoms with Gasteiger partial charge in [-0.3, -0.25) is 9.59 Å². The quantitative estimate of drug-likeness (QED) is 0.367. The number of phenolic OH excluding ortho intramolecular Hbond substituents is 2. The summed E-state index contributed by atoms with van der Waals surface area (Å²) in [5, 5.41) is 22.6. The van der Waals surface area contributed by atoms with Crippen LogP contribution in [-0.2, 0) is 15.7 Å². The lowest BCUT2D eigenvalue weighted by atomic mass is 9.67. The van der Waals surface area contributed by atoms with Gasteiger partial charge in [0.25, 0.3) is 0 Å². The Morgan fingerprint density at radius 1 is 0.939 bits per heavy atom. The number of carbonyl (C=O) groups is 2. The summed E-state index contributed by atoms with van der Waals surface area (Å²) in [6.45, 7) is 2.01. The Kier molecular flexibility index (Phi) is 4.31. The lowest BCUT2D eigenvalue weighted by molar-refractivity contribution is -0.0670. The summed E-state index contributed by atoms with van der Waals surface area (Å²) in [5.41, 5.74) is 1.17. The molecule has 0 spiro atoms. The van der Waals surface area contributed by atoms with Crippen molar-refractivity contribution in [1.29, 1.82) is 0 Å². The van der Waals surface area contributed by atoms with Crippen molar-refractivity contribution in [2.75, 3.05) is 0 Å². The molecule has 2 bridgehead atoms. The van der Waals surface area contributed by atoms with E-state index in [2.05, 4.69) is 0 Å². The Morgan fingerprint density at radius 3 is 2.18 bits per heavy atom. The fourth-order valence-corrected chi connectivity index (χ4v) is 5.46. The molecule has 2 aliphatic carbocycles. The highest BCUT2D eigenvalue weighted by Crippen LogP contribution is 2.54. The highest BCUT2D eigenvalue weighted by molar-refractivity contribution is 6.61. The molecule has 33 heavy (non-hydrogen) atoms. The van der Waals surface area contributed by atoms with Gasteiger partial charge in [0.1, 0.15) is 11.5 Å². The molecule has 0 saturated carbocycles. The molecule has 3 aromatic rings. The highest BCUT2D eigenvalue weighted by Gasteiger charge is 2.52. The van der Waals surface area contributed by atoms with Crippen molar-refractivity contribution in [3.8, 4) is 11.5 Å². The van der Waals surface area contributed by atoms with E-state index in [1.807, 2.05) is 37.3 Å². The van der Waals surface area contributed by atoms with E-state index in [0.717, 1.165) is 5.46 Å². The normalized spacial score (nSPS) is 23.1. The maximum absolute atomic E-state index is 13.3. The Labute approximate surface area is 190 Å². The molecule has 2 atom stereocenters. The summed E-state index contributed by atoms with van der Waals surface area (Å²) in [6, 6.07) is 16.0. The molecule has 6 rings (SSSR count). The van der Waals surface area contributed by atoms with Gasteiger partial charge in [0, 0.05) is 35.1 Å². The van der Waals surface area contributed by atoms with E-state index in [0.29, 0.717) is 30.4 Å². The Morgan fingerprint density at radius 2 is 1.55 bits per heavy atom. The van der Waals surface area contributed by atoms with Crippen LogP contribution in [0.5, 0.6) is 11.5 Å². The summed E-state index contributed by atoms with van der Waals surface area (Å²) in [7, 11) is -0.645. The van der Waals surface area contributed by atoms with E-state index in [4.69, 9.17) is 9.31 Å². The van der Waals surface area contributed by atoms with Crippen LogP contribution >= 0.6 is 0 Å². The first-order chi connectivity index (χ1) is 15.9. The van der Waals surface area contributed by atoms with Crippen LogP contribution < -0.4 is 5.46 Å². The molecule has 7 heteroatoms. The minimum atomic E-state index is -0.645. The molecular formula is C26H21BO6. The topological polar surface area (TPSA) is 93.1 Å². The standard InChI is InChI=1S/C26H21BO6/c1-2-26-12-17-19(18(13-26)32-27(33-26)14-8-4-3-5-9-14)25(31)21-20(24(17)30)22(28)15-10-6-7-11-16(15)23(21)29/h3-11,18,30-31H,2,12-13H2,1H3/t18-,26-/m0/s1. The molecular weight excluding hydrogens is 419 g/mol. The van der Waals surface area contributed by atoms with Gasteiger partial charge < -0.3 is 19.5 Å². The van der Waals surface area contributed by atoms with Gasteiger partial charge in [0.05, 0.1) is 22.8 Å². The third kappa shape index (κ3) is 2.76. The fraction of sp³-hybridized carbons (Fsp3) is 0.231. The van der Waals surface area contributed by atoms with Gasteiger partial charge in [-0.1, -0.05) is 61.5 Å². The molecule has 0 aromatic heterocycles.